The molecule has 2 rings (SSSR count). The Morgan fingerprint density at radius 3 is 2.24 bits per heavy atom. The number of nitrogens with zero attached hydrogens (tertiary/aromatic N) is 1. The Hall–Kier alpha value is -0.730. The Kier molecular flexibility index (Phi) is 4.30. The SMILES string of the molecule is CC(C)C1CCN(C(=O)NC2CCCC2)CC1. The van der Waals surface area contributed by atoms with E-state index in [-0.39, 0.29) is 6.03 Å². The van der Waals surface area contributed by atoms with Crippen LogP contribution < -0.4 is 5.32 Å². The summed E-state index contributed by atoms with van der Waals surface area (Å²) in [6, 6.07) is 0.629. The lowest BCUT2D eigenvalue weighted by atomic mass is 9.87. The standard InChI is InChI=1S/C14H26N2O/c1-11(2)12-7-9-16(10-8-12)14(17)15-13-5-3-4-6-13/h11-13H,3-10H2,1-2H3,(H,15,17). The predicted octanol–water partition coefficient (Wildman–Crippen LogP) is 3.01. The maximum absolute atomic E-state index is 12.0. The van der Waals surface area contributed by atoms with E-state index < -0.39 is 0 Å². The van der Waals surface area contributed by atoms with Crippen molar-refractivity contribution in [2.75, 3.05) is 13.1 Å². The highest BCUT2D eigenvalue weighted by atomic mass is 16.2. The van der Waals surface area contributed by atoms with Crippen molar-refractivity contribution in [2.24, 2.45) is 11.8 Å². The fraction of sp³-hybridized carbons (Fsp3) is 0.929. The molecule has 1 saturated carbocycles. The molecule has 0 aromatic rings. The van der Waals surface area contributed by atoms with Gasteiger partial charge in [0.2, 0.25) is 0 Å². The molecule has 1 N–H and O–H groups in total. The number of piperidine rings is 1. The number of likely N-dealkylation sites (tertiary alicyclic amines) is 1. The summed E-state index contributed by atoms with van der Waals surface area (Å²) in [6.45, 7) is 6.47. The smallest absolute Gasteiger partial charge is 0.317 e. The minimum atomic E-state index is 0.180. The summed E-state index contributed by atoms with van der Waals surface area (Å²) in [5.41, 5.74) is 0. The first kappa shape index (κ1) is 12.7. The van der Waals surface area contributed by atoms with Crippen LogP contribution in [0.4, 0.5) is 4.79 Å². The van der Waals surface area contributed by atoms with Crippen LogP contribution >= 0.6 is 0 Å². The molecule has 0 bridgehead atoms. The lowest BCUT2D eigenvalue weighted by Gasteiger charge is -2.34. The Labute approximate surface area is 105 Å². The number of rotatable bonds is 2. The molecule has 0 spiro atoms. The van der Waals surface area contributed by atoms with E-state index >= 15 is 0 Å². The quantitative estimate of drug-likeness (QED) is 0.788. The first-order chi connectivity index (χ1) is 8.16. The van der Waals surface area contributed by atoms with Crippen LogP contribution in [0.5, 0.6) is 0 Å². The van der Waals surface area contributed by atoms with Gasteiger partial charge in [0.05, 0.1) is 0 Å². The zero-order valence-corrected chi connectivity index (χ0v) is 11.2. The van der Waals surface area contributed by atoms with Gasteiger partial charge in [-0.1, -0.05) is 26.7 Å². The third-order valence-corrected chi connectivity index (χ3v) is 4.45. The topological polar surface area (TPSA) is 32.3 Å². The maximum atomic E-state index is 12.0. The minimum absolute atomic E-state index is 0.180. The summed E-state index contributed by atoms with van der Waals surface area (Å²) < 4.78 is 0. The molecule has 0 aromatic carbocycles. The Bertz CT molecular complexity index is 251. The molecule has 2 fully saturated rings. The highest BCUT2D eigenvalue weighted by Gasteiger charge is 2.26. The van der Waals surface area contributed by atoms with Crippen LogP contribution in [0, 0.1) is 11.8 Å². The molecule has 98 valence electrons. The van der Waals surface area contributed by atoms with Gasteiger partial charge in [0.1, 0.15) is 0 Å². The lowest BCUT2D eigenvalue weighted by Crippen LogP contribution is -2.47. The molecule has 17 heavy (non-hydrogen) atoms. The van der Waals surface area contributed by atoms with Gasteiger partial charge in [-0.15, -0.1) is 0 Å². The Morgan fingerprint density at radius 1 is 1.12 bits per heavy atom. The predicted molar refractivity (Wildman–Crippen MR) is 69.9 cm³/mol. The summed E-state index contributed by atoms with van der Waals surface area (Å²) >= 11 is 0. The first-order valence-corrected chi connectivity index (χ1v) is 7.22. The molecule has 0 atom stereocenters. The fourth-order valence-electron chi connectivity index (χ4n) is 3.11. The summed E-state index contributed by atoms with van der Waals surface area (Å²) in [4.78, 5) is 14.1. The molecule has 0 aromatic heterocycles. The van der Waals surface area contributed by atoms with Gasteiger partial charge in [-0.3, -0.25) is 0 Å². The molecule has 2 aliphatic rings. The van der Waals surface area contributed by atoms with Crippen molar-refractivity contribution >= 4 is 6.03 Å². The summed E-state index contributed by atoms with van der Waals surface area (Å²) in [6.07, 6.45) is 7.26. The van der Waals surface area contributed by atoms with Crippen molar-refractivity contribution in [2.45, 2.75) is 58.4 Å². The van der Waals surface area contributed by atoms with Crippen LogP contribution in [-0.2, 0) is 0 Å². The van der Waals surface area contributed by atoms with Crippen molar-refractivity contribution in [1.29, 1.82) is 0 Å². The zero-order chi connectivity index (χ0) is 12.3. The fourth-order valence-corrected chi connectivity index (χ4v) is 3.11. The van der Waals surface area contributed by atoms with E-state index in [0.29, 0.717) is 6.04 Å². The van der Waals surface area contributed by atoms with Gasteiger partial charge in [-0.2, -0.15) is 0 Å². The maximum Gasteiger partial charge on any atom is 0.317 e. The molecular formula is C14H26N2O. The molecule has 1 heterocycles. The van der Waals surface area contributed by atoms with Crippen LogP contribution in [0.25, 0.3) is 0 Å². The Morgan fingerprint density at radius 2 is 1.71 bits per heavy atom. The van der Waals surface area contributed by atoms with E-state index in [0.717, 1.165) is 24.9 Å². The number of nitrogens with one attached hydrogen (secondary N) is 1. The monoisotopic (exact) mass is 238 g/mol. The van der Waals surface area contributed by atoms with Crippen LogP contribution in [0.2, 0.25) is 0 Å². The van der Waals surface area contributed by atoms with Crippen molar-refractivity contribution in [3.05, 3.63) is 0 Å². The summed E-state index contributed by atoms with van der Waals surface area (Å²) in [5.74, 6) is 1.57. The molecule has 0 unspecified atom stereocenters. The van der Waals surface area contributed by atoms with Gasteiger partial charge >= 0.3 is 6.03 Å². The van der Waals surface area contributed by atoms with Crippen molar-refractivity contribution in [3.8, 4) is 0 Å². The zero-order valence-electron chi connectivity index (χ0n) is 11.2. The van der Waals surface area contributed by atoms with Gasteiger partial charge in [0.25, 0.3) is 0 Å². The lowest BCUT2D eigenvalue weighted by molar-refractivity contribution is 0.154. The van der Waals surface area contributed by atoms with Crippen molar-refractivity contribution in [3.63, 3.8) is 0 Å². The molecule has 0 radical (unpaired) electrons. The molecule has 3 heteroatoms. The number of carbonyl (C=O) groups is 1. The van der Waals surface area contributed by atoms with Gasteiger partial charge in [0.15, 0.2) is 0 Å². The molecule has 3 nitrogen and oxygen atoms in total. The van der Waals surface area contributed by atoms with E-state index in [2.05, 4.69) is 19.2 Å². The minimum Gasteiger partial charge on any atom is -0.335 e. The molecule has 2 amide bonds. The Balaban J connectivity index is 1.74. The second-order valence-corrected chi connectivity index (χ2v) is 6.00. The van der Waals surface area contributed by atoms with E-state index in [4.69, 9.17) is 0 Å². The third-order valence-electron chi connectivity index (χ3n) is 4.45. The highest BCUT2D eigenvalue weighted by Crippen LogP contribution is 2.25. The molecular weight excluding hydrogens is 212 g/mol. The first-order valence-electron chi connectivity index (χ1n) is 7.22. The average molecular weight is 238 g/mol. The number of urea groups is 1. The van der Waals surface area contributed by atoms with E-state index in [9.17, 15) is 4.79 Å². The van der Waals surface area contributed by atoms with Crippen molar-refractivity contribution < 1.29 is 4.79 Å². The largest absolute Gasteiger partial charge is 0.335 e. The average Bonchev–Trinajstić information content (AvgIpc) is 2.82. The number of carbonyl (C=O) groups excluding carboxylic acids is 1. The second-order valence-electron chi connectivity index (χ2n) is 6.00. The van der Waals surface area contributed by atoms with Crippen LogP contribution in [-0.4, -0.2) is 30.1 Å². The molecule has 1 saturated heterocycles. The summed E-state index contributed by atoms with van der Waals surface area (Å²) in [7, 11) is 0. The number of hydrogen-bond donors (Lipinski definition) is 1. The van der Waals surface area contributed by atoms with Crippen molar-refractivity contribution in [1.82, 2.24) is 10.2 Å². The molecule has 1 aliphatic heterocycles. The van der Waals surface area contributed by atoms with Crippen LogP contribution in [0.15, 0.2) is 0 Å². The van der Waals surface area contributed by atoms with Gasteiger partial charge < -0.3 is 10.2 Å². The van der Waals surface area contributed by atoms with E-state index in [1.165, 1.54) is 38.5 Å². The van der Waals surface area contributed by atoms with Gasteiger partial charge in [0, 0.05) is 19.1 Å². The van der Waals surface area contributed by atoms with Crippen LogP contribution in [0.1, 0.15) is 52.4 Å². The van der Waals surface area contributed by atoms with Crippen LogP contribution in [0.3, 0.4) is 0 Å². The van der Waals surface area contributed by atoms with Gasteiger partial charge in [-0.05, 0) is 37.5 Å². The third kappa shape index (κ3) is 3.36. The highest BCUT2D eigenvalue weighted by molar-refractivity contribution is 5.74. The number of hydrogen-bond acceptors (Lipinski definition) is 1. The van der Waals surface area contributed by atoms with Gasteiger partial charge in [-0.25, -0.2) is 4.79 Å². The molecule has 1 aliphatic carbocycles. The number of amides is 2. The second kappa shape index (κ2) is 5.74. The normalized spacial score (nSPS) is 23.4. The summed E-state index contributed by atoms with van der Waals surface area (Å²) in [5, 5.41) is 3.18. The van der Waals surface area contributed by atoms with E-state index in [1.807, 2.05) is 4.90 Å². The van der Waals surface area contributed by atoms with E-state index in [1.54, 1.807) is 0 Å².